The van der Waals surface area contributed by atoms with E-state index in [0.29, 0.717) is 6.54 Å². The summed E-state index contributed by atoms with van der Waals surface area (Å²) in [6.45, 7) is 9.47. The first-order valence-electron chi connectivity index (χ1n) is 12.9. The molecule has 2 aliphatic heterocycles. The predicted octanol–water partition coefficient (Wildman–Crippen LogP) is 5.35. The third kappa shape index (κ3) is 4.73. The number of imidazole rings is 1. The molecule has 2 aliphatic rings. The van der Waals surface area contributed by atoms with Crippen molar-refractivity contribution in [1.82, 2.24) is 19.4 Å². The van der Waals surface area contributed by atoms with Gasteiger partial charge in [-0.1, -0.05) is 37.2 Å². The number of aryl methyl sites for hydroxylation is 1. The first kappa shape index (κ1) is 25.0. The SMILES string of the molecule is CCN(CC)C[C@]1(c2ccc(F)cc2)ON=C2C(=Cc3ccc(-n4cnc(C)c4)c(OC)c3)CCCN21. The standard InChI is InChI=1S/C29H34FN5O2/c1-5-33(6-2)19-29(24-10-12-25(30)13-11-24)35-15-7-8-23(28(35)32-37-29)16-22-9-14-26(27(17-22)36-4)34-18-21(3)31-20-34/h9-14,16-18,20H,5-8,15,19H2,1-4H3/t29-/m1/s1. The molecule has 37 heavy (non-hydrogen) atoms. The van der Waals surface area contributed by atoms with E-state index in [1.165, 1.54) is 12.1 Å². The molecule has 1 saturated heterocycles. The number of piperidine rings is 1. The number of ether oxygens (including phenoxy) is 1. The van der Waals surface area contributed by atoms with Crippen molar-refractivity contribution < 1.29 is 14.0 Å². The van der Waals surface area contributed by atoms with Gasteiger partial charge in [0.1, 0.15) is 11.6 Å². The smallest absolute Gasteiger partial charge is 0.250 e. The maximum absolute atomic E-state index is 13.8. The molecule has 0 unspecified atom stereocenters. The molecule has 7 nitrogen and oxygen atoms in total. The summed E-state index contributed by atoms with van der Waals surface area (Å²) < 4.78 is 21.5. The van der Waals surface area contributed by atoms with Crippen LogP contribution in [-0.4, -0.2) is 58.5 Å². The maximum atomic E-state index is 13.8. The Hall–Kier alpha value is -3.65. The third-order valence-corrected chi connectivity index (χ3v) is 7.25. The number of likely N-dealkylation sites (N-methyl/N-ethyl adjacent to an activating group) is 1. The summed E-state index contributed by atoms with van der Waals surface area (Å²) in [4.78, 5) is 15.2. The highest BCUT2D eigenvalue weighted by Gasteiger charge is 2.50. The first-order valence-corrected chi connectivity index (χ1v) is 12.9. The van der Waals surface area contributed by atoms with Gasteiger partial charge in [-0.05, 0) is 74.3 Å². The number of hydrogen-bond donors (Lipinski definition) is 0. The fraction of sp³-hybridized carbons (Fsp3) is 0.379. The molecule has 1 atom stereocenters. The van der Waals surface area contributed by atoms with E-state index >= 15 is 0 Å². The van der Waals surface area contributed by atoms with Crippen LogP contribution < -0.4 is 4.74 Å². The van der Waals surface area contributed by atoms with Gasteiger partial charge in [0.15, 0.2) is 5.84 Å². The normalized spacial score (nSPS) is 20.2. The Bertz CT molecular complexity index is 1310. The van der Waals surface area contributed by atoms with E-state index in [0.717, 1.165) is 72.1 Å². The Morgan fingerprint density at radius 1 is 1.16 bits per heavy atom. The molecule has 194 valence electrons. The summed E-state index contributed by atoms with van der Waals surface area (Å²) in [5.74, 6) is 1.35. The molecule has 5 rings (SSSR count). The van der Waals surface area contributed by atoms with Crippen LogP contribution in [0.1, 0.15) is 43.5 Å². The van der Waals surface area contributed by atoms with Crippen molar-refractivity contribution in [3.63, 3.8) is 0 Å². The lowest BCUT2D eigenvalue weighted by molar-refractivity contribution is -0.123. The molecule has 0 saturated carbocycles. The fourth-order valence-corrected chi connectivity index (χ4v) is 5.21. The summed E-state index contributed by atoms with van der Waals surface area (Å²) >= 11 is 0. The van der Waals surface area contributed by atoms with Crippen molar-refractivity contribution in [2.75, 3.05) is 33.3 Å². The largest absolute Gasteiger partial charge is 0.495 e. The number of halogens is 1. The van der Waals surface area contributed by atoms with E-state index in [1.54, 1.807) is 13.4 Å². The Kier molecular flexibility index (Phi) is 7.02. The summed E-state index contributed by atoms with van der Waals surface area (Å²) in [5.41, 5.74) is 4.14. The van der Waals surface area contributed by atoms with Crippen LogP contribution in [0.15, 0.2) is 65.7 Å². The zero-order valence-electron chi connectivity index (χ0n) is 21.9. The van der Waals surface area contributed by atoms with Crippen molar-refractivity contribution in [2.24, 2.45) is 5.16 Å². The topological polar surface area (TPSA) is 55.1 Å². The average molecular weight is 504 g/mol. The lowest BCUT2D eigenvalue weighted by Gasteiger charge is -2.42. The molecule has 0 aliphatic carbocycles. The van der Waals surface area contributed by atoms with E-state index in [9.17, 15) is 4.39 Å². The highest BCUT2D eigenvalue weighted by molar-refractivity contribution is 6.03. The lowest BCUT2D eigenvalue weighted by Crippen LogP contribution is -2.54. The lowest BCUT2D eigenvalue weighted by atomic mass is 9.94. The molecule has 0 radical (unpaired) electrons. The van der Waals surface area contributed by atoms with E-state index in [4.69, 9.17) is 9.57 Å². The highest BCUT2D eigenvalue weighted by Crippen LogP contribution is 2.41. The highest BCUT2D eigenvalue weighted by atomic mass is 19.1. The number of methoxy groups -OCH3 is 1. The van der Waals surface area contributed by atoms with Crippen molar-refractivity contribution in [3.8, 4) is 11.4 Å². The number of nitrogens with zero attached hydrogens (tertiary/aromatic N) is 5. The van der Waals surface area contributed by atoms with Crippen molar-refractivity contribution in [2.45, 2.75) is 39.3 Å². The minimum absolute atomic E-state index is 0.261. The molecule has 0 N–H and O–H groups in total. The van der Waals surface area contributed by atoms with Gasteiger partial charge in [0.05, 0.1) is 31.4 Å². The van der Waals surface area contributed by atoms with Gasteiger partial charge in [-0.25, -0.2) is 9.37 Å². The Balaban J connectivity index is 1.49. The molecule has 3 aromatic rings. The van der Waals surface area contributed by atoms with Crippen LogP contribution in [0.4, 0.5) is 4.39 Å². The molecule has 1 aromatic heterocycles. The molecule has 0 bridgehead atoms. The second kappa shape index (κ2) is 10.4. The van der Waals surface area contributed by atoms with Crippen LogP contribution in [0.25, 0.3) is 11.8 Å². The van der Waals surface area contributed by atoms with Crippen molar-refractivity contribution in [1.29, 1.82) is 0 Å². The van der Waals surface area contributed by atoms with Gasteiger partial charge in [0.25, 0.3) is 0 Å². The molecular weight excluding hydrogens is 469 g/mol. The van der Waals surface area contributed by atoms with Crippen LogP contribution in [0.5, 0.6) is 5.75 Å². The van der Waals surface area contributed by atoms with E-state index < -0.39 is 5.72 Å². The number of amidine groups is 1. The monoisotopic (exact) mass is 503 g/mol. The number of aromatic nitrogens is 2. The molecule has 2 aromatic carbocycles. The molecule has 1 fully saturated rings. The van der Waals surface area contributed by atoms with E-state index in [1.807, 2.05) is 42.0 Å². The van der Waals surface area contributed by atoms with Gasteiger partial charge in [-0.3, -0.25) is 4.90 Å². The Morgan fingerprint density at radius 2 is 1.95 bits per heavy atom. The number of benzene rings is 2. The quantitative estimate of drug-likeness (QED) is 0.415. The zero-order chi connectivity index (χ0) is 26.0. The molecule has 8 heteroatoms. The van der Waals surface area contributed by atoms with Crippen LogP contribution in [0, 0.1) is 12.7 Å². The summed E-state index contributed by atoms with van der Waals surface area (Å²) in [7, 11) is 1.68. The van der Waals surface area contributed by atoms with E-state index in [-0.39, 0.29) is 5.82 Å². The maximum Gasteiger partial charge on any atom is 0.250 e. The Morgan fingerprint density at radius 3 is 2.62 bits per heavy atom. The second-order valence-corrected chi connectivity index (χ2v) is 9.54. The van der Waals surface area contributed by atoms with Gasteiger partial charge in [0, 0.05) is 18.3 Å². The molecule has 3 heterocycles. The van der Waals surface area contributed by atoms with Gasteiger partial charge in [0.2, 0.25) is 5.72 Å². The first-order chi connectivity index (χ1) is 18.0. The number of oxime groups is 1. The average Bonchev–Trinajstić information content (AvgIpc) is 3.52. The van der Waals surface area contributed by atoms with Gasteiger partial charge >= 0.3 is 0 Å². The summed E-state index contributed by atoms with van der Waals surface area (Å²) in [5, 5.41) is 4.63. The van der Waals surface area contributed by atoms with Crippen molar-refractivity contribution in [3.05, 3.63) is 83.2 Å². The molecule has 0 spiro atoms. The molecule has 0 amide bonds. The zero-order valence-corrected chi connectivity index (χ0v) is 21.9. The van der Waals surface area contributed by atoms with Gasteiger partial charge in [-0.2, -0.15) is 0 Å². The Labute approximate surface area is 217 Å². The van der Waals surface area contributed by atoms with Gasteiger partial charge in [-0.15, -0.1) is 0 Å². The van der Waals surface area contributed by atoms with Gasteiger partial charge < -0.3 is 19.0 Å². The van der Waals surface area contributed by atoms with Crippen LogP contribution in [-0.2, 0) is 10.6 Å². The van der Waals surface area contributed by atoms with Crippen LogP contribution in [0.2, 0.25) is 0 Å². The van der Waals surface area contributed by atoms with Crippen LogP contribution >= 0.6 is 0 Å². The second-order valence-electron chi connectivity index (χ2n) is 9.54. The number of hydrogen-bond acceptors (Lipinski definition) is 6. The van der Waals surface area contributed by atoms with Crippen LogP contribution in [0.3, 0.4) is 0 Å². The minimum Gasteiger partial charge on any atom is -0.495 e. The third-order valence-electron chi connectivity index (χ3n) is 7.25. The summed E-state index contributed by atoms with van der Waals surface area (Å²) in [6.07, 6.45) is 7.80. The number of rotatable bonds is 8. The summed E-state index contributed by atoms with van der Waals surface area (Å²) in [6, 6.07) is 12.8. The fourth-order valence-electron chi connectivity index (χ4n) is 5.21. The minimum atomic E-state index is -0.796. The van der Waals surface area contributed by atoms with Crippen molar-refractivity contribution >= 4 is 11.9 Å². The molecular formula is C29H34FN5O2. The number of fused-ring (bicyclic) bond motifs is 1. The predicted molar refractivity (Wildman–Crippen MR) is 143 cm³/mol. The van der Waals surface area contributed by atoms with E-state index in [2.05, 4.69) is 45.9 Å².